The number of imide groups is 1. The Balaban J connectivity index is 1.94. The van der Waals surface area contributed by atoms with Crippen LogP contribution in [0.3, 0.4) is 0 Å². The number of benzene rings is 1. The van der Waals surface area contributed by atoms with Crippen molar-refractivity contribution < 1.29 is 23.9 Å². The second-order valence-corrected chi connectivity index (χ2v) is 6.76. The molecule has 2 heterocycles. The third kappa shape index (κ3) is 4.03. The van der Waals surface area contributed by atoms with Gasteiger partial charge in [-0.25, -0.2) is 9.59 Å². The lowest BCUT2D eigenvalue weighted by Gasteiger charge is -2.46. The maximum absolute atomic E-state index is 12.7. The molecular weight excluding hydrogens is 378 g/mol. The number of carbonyl (C=O) groups excluding carboxylic acids is 3. The van der Waals surface area contributed by atoms with Crippen molar-refractivity contribution in [2.45, 2.75) is 32.0 Å². The number of nitrogens with zero attached hydrogens (tertiary/aromatic N) is 2. The third-order valence-corrected chi connectivity index (χ3v) is 4.99. The number of carbonyl (C=O) groups is 3. The first kappa shape index (κ1) is 20.3. The quantitative estimate of drug-likeness (QED) is 0.630. The van der Waals surface area contributed by atoms with Crippen LogP contribution < -0.4 is 25.4 Å². The molecule has 3 atom stereocenters. The van der Waals surface area contributed by atoms with Gasteiger partial charge >= 0.3 is 12.1 Å². The number of unbranched alkanes of at least 4 members (excludes halogenated alkanes) is 1. The number of rotatable bonds is 7. The van der Waals surface area contributed by atoms with Gasteiger partial charge in [-0.1, -0.05) is 19.4 Å². The molecule has 3 rings (SSSR count). The molecule has 0 spiro atoms. The Hall–Kier alpha value is -3.48. The molecule has 3 N–H and O–H groups in total. The van der Waals surface area contributed by atoms with Crippen LogP contribution in [0.25, 0.3) is 0 Å². The second-order valence-electron chi connectivity index (χ2n) is 6.76. The van der Waals surface area contributed by atoms with E-state index in [0.29, 0.717) is 23.6 Å². The predicted octanol–water partition coefficient (Wildman–Crippen LogP) is 1.25. The number of hydrogen-bond acceptors (Lipinski definition) is 6. The fraction of sp³-hybridized carbons (Fsp3) is 0.474. The number of nitriles is 1. The first-order valence-electron chi connectivity index (χ1n) is 9.36. The Morgan fingerprint density at radius 2 is 2.00 bits per heavy atom. The van der Waals surface area contributed by atoms with Gasteiger partial charge in [0, 0.05) is 6.54 Å². The minimum absolute atomic E-state index is 0.138. The van der Waals surface area contributed by atoms with Gasteiger partial charge in [0.1, 0.15) is 18.2 Å². The fourth-order valence-electron chi connectivity index (χ4n) is 3.60. The highest BCUT2D eigenvalue weighted by atomic mass is 16.5. The van der Waals surface area contributed by atoms with E-state index in [9.17, 15) is 14.4 Å². The summed E-state index contributed by atoms with van der Waals surface area (Å²) in [7, 11) is 1.46. The maximum Gasteiger partial charge on any atom is 0.325 e. The zero-order valence-electron chi connectivity index (χ0n) is 16.2. The minimum Gasteiger partial charge on any atom is -0.493 e. The number of methoxy groups -OCH3 is 1. The molecule has 3 unspecified atom stereocenters. The molecule has 10 nitrogen and oxygen atoms in total. The smallest absolute Gasteiger partial charge is 0.325 e. The fourth-order valence-corrected chi connectivity index (χ4v) is 3.60. The molecule has 0 aromatic heterocycles. The molecule has 5 amide bonds. The van der Waals surface area contributed by atoms with Crippen LogP contribution in [0.15, 0.2) is 18.2 Å². The highest BCUT2D eigenvalue weighted by molar-refractivity contribution is 6.00. The average molecular weight is 401 g/mol. The third-order valence-electron chi connectivity index (χ3n) is 4.99. The first-order valence-corrected chi connectivity index (χ1v) is 9.36. The van der Waals surface area contributed by atoms with E-state index in [2.05, 4.69) is 16.0 Å². The zero-order chi connectivity index (χ0) is 21.0. The SMILES string of the molecule is CCCCN1C(=O)NC(=O)C2C(c3ccc(OCC#N)c(OC)c3)NC(=O)NC21. The van der Waals surface area contributed by atoms with Crippen molar-refractivity contribution in [1.82, 2.24) is 20.9 Å². The Labute approximate surface area is 168 Å². The van der Waals surface area contributed by atoms with Crippen molar-refractivity contribution in [3.63, 3.8) is 0 Å². The lowest BCUT2D eigenvalue weighted by atomic mass is 9.86. The number of amides is 5. The molecular formula is C19H23N5O5. The summed E-state index contributed by atoms with van der Waals surface area (Å²) in [5, 5.41) is 16.6. The summed E-state index contributed by atoms with van der Waals surface area (Å²) in [5.74, 6) is -0.438. The van der Waals surface area contributed by atoms with Gasteiger partial charge in [-0.2, -0.15) is 5.26 Å². The van der Waals surface area contributed by atoms with Crippen LogP contribution in [0.2, 0.25) is 0 Å². The number of ether oxygens (including phenoxy) is 2. The molecule has 2 saturated heterocycles. The van der Waals surface area contributed by atoms with Crippen LogP contribution in [0.4, 0.5) is 9.59 Å². The lowest BCUT2D eigenvalue weighted by Crippen LogP contribution is -2.72. The number of hydrogen-bond donors (Lipinski definition) is 3. The monoisotopic (exact) mass is 401 g/mol. The van der Waals surface area contributed by atoms with Crippen LogP contribution in [-0.2, 0) is 4.79 Å². The largest absolute Gasteiger partial charge is 0.493 e. The molecule has 2 fully saturated rings. The van der Waals surface area contributed by atoms with Crippen molar-refractivity contribution in [3.05, 3.63) is 23.8 Å². The Bertz CT molecular complexity index is 852. The lowest BCUT2D eigenvalue weighted by molar-refractivity contribution is -0.130. The summed E-state index contributed by atoms with van der Waals surface area (Å²) >= 11 is 0. The Kier molecular flexibility index (Phi) is 6.07. The molecule has 0 radical (unpaired) electrons. The van der Waals surface area contributed by atoms with Gasteiger partial charge in [-0.3, -0.25) is 10.1 Å². The van der Waals surface area contributed by atoms with E-state index >= 15 is 0 Å². The van der Waals surface area contributed by atoms with Crippen LogP contribution in [-0.4, -0.2) is 49.3 Å². The summed E-state index contributed by atoms with van der Waals surface area (Å²) in [6.07, 6.45) is 0.867. The zero-order valence-corrected chi connectivity index (χ0v) is 16.2. The van der Waals surface area contributed by atoms with E-state index in [1.807, 2.05) is 13.0 Å². The van der Waals surface area contributed by atoms with Gasteiger partial charge in [-0.15, -0.1) is 0 Å². The normalized spacial score (nSPS) is 23.3. The summed E-state index contributed by atoms with van der Waals surface area (Å²) in [4.78, 5) is 38.8. The van der Waals surface area contributed by atoms with Crippen molar-refractivity contribution in [1.29, 1.82) is 5.26 Å². The Morgan fingerprint density at radius 1 is 1.21 bits per heavy atom. The first-order chi connectivity index (χ1) is 14.0. The van der Waals surface area contributed by atoms with Gasteiger partial charge in [-0.05, 0) is 24.1 Å². The highest BCUT2D eigenvalue weighted by Crippen LogP contribution is 2.36. The number of fused-ring (bicyclic) bond motifs is 1. The van der Waals surface area contributed by atoms with Gasteiger partial charge in [0.2, 0.25) is 5.91 Å². The van der Waals surface area contributed by atoms with Crippen molar-refractivity contribution >= 4 is 18.0 Å². The molecule has 10 heteroatoms. The molecule has 29 heavy (non-hydrogen) atoms. The van der Waals surface area contributed by atoms with E-state index in [1.165, 1.54) is 12.0 Å². The average Bonchev–Trinajstić information content (AvgIpc) is 2.71. The topological polar surface area (TPSA) is 133 Å². The summed E-state index contributed by atoms with van der Waals surface area (Å²) in [6, 6.07) is 5.20. The van der Waals surface area contributed by atoms with E-state index in [-0.39, 0.29) is 6.61 Å². The van der Waals surface area contributed by atoms with E-state index in [4.69, 9.17) is 14.7 Å². The van der Waals surface area contributed by atoms with Crippen molar-refractivity contribution in [2.24, 2.45) is 5.92 Å². The molecule has 2 aliphatic rings. The van der Waals surface area contributed by atoms with E-state index in [0.717, 1.165) is 12.8 Å². The van der Waals surface area contributed by atoms with Crippen LogP contribution in [0, 0.1) is 17.2 Å². The van der Waals surface area contributed by atoms with Gasteiger partial charge in [0.25, 0.3) is 0 Å². The minimum atomic E-state index is -0.748. The molecule has 154 valence electrons. The van der Waals surface area contributed by atoms with Crippen molar-refractivity contribution in [3.8, 4) is 17.6 Å². The highest BCUT2D eigenvalue weighted by Gasteiger charge is 2.49. The molecule has 1 aromatic rings. The molecule has 1 aromatic carbocycles. The summed E-state index contributed by atoms with van der Waals surface area (Å²) < 4.78 is 10.7. The molecule has 0 saturated carbocycles. The summed E-state index contributed by atoms with van der Waals surface area (Å²) in [6.45, 7) is 2.28. The maximum atomic E-state index is 12.7. The van der Waals surface area contributed by atoms with Crippen LogP contribution in [0.1, 0.15) is 31.4 Å². The molecule has 0 aliphatic carbocycles. The predicted molar refractivity (Wildman–Crippen MR) is 101 cm³/mol. The Morgan fingerprint density at radius 3 is 2.69 bits per heavy atom. The summed E-state index contributed by atoms with van der Waals surface area (Å²) in [5.41, 5.74) is 0.621. The van der Waals surface area contributed by atoms with E-state index in [1.54, 1.807) is 18.2 Å². The van der Waals surface area contributed by atoms with Gasteiger partial charge in [0.05, 0.1) is 13.2 Å². The second kappa shape index (κ2) is 8.68. The standard InChI is InChI=1S/C19H23N5O5/c1-3-4-8-24-16-14(17(25)23-19(24)27)15(21-18(26)22-16)11-5-6-12(29-9-7-20)13(10-11)28-2/h5-6,10,14-16H,3-4,8-9H2,1-2H3,(H2,21,22,26)(H,23,25,27). The van der Waals surface area contributed by atoms with Crippen molar-refractivity contribution in [2.75, 3.05) is 20.3 Å². The van der Waals surface area contributed by atoms with Gasteiger partial charge in [0.15, 0.2) is 18.1 Å². The number of urea groups is 2. The number of nitrogens with one attached hydrogen (secondary N) is 3. The van der Waals surface area contributed by atoms with Crippen LogP contribution in [0.5, 0.6) is 11.5 Å². The molecule has 2 aliphatic heterocycles. The van der Waals surface area contributed by atoms with Gasteiger partial charge < -0.3 is 25.0 Å². The van der Waals surface area contributed by atoms with E-state index < -0.39 is 36.1 Å². The molecule has 0 bridgehead atoms. The van der Waals surface area contributed by atoms with Crippen LogP contribution >= 0.6 is 0 Å².